The lowest BCUT2D eigenvalue weighted by molar-refractivity contribution is 0.0989. The number of hydrogen-bond acceptors (Lipinski definition) is 5. The standard InChI is InChI=1S/C22H27N3O3S2/c1-2-13-25(22-23-19-11-4-5-12-20(19)29-22)21(26)17-9-8-10-18(16-17)30(27,28)24-14-6-3-7-15-24/h2,8-10,16H,1,3-7,11-15H2. The van der Waals surface area contributed by atoms with Crippen molar-refractivity contribution in [1.82, 2.24) is 9.29 Å². The van der Waals surface area contributed by atoms with E-state index in [-0.39, 0.29) is 10.8 Å². The molecule has 1 aromatic heterocycles. The highest BCUT2D eigenvalue weighted by molar-refractivity contribution is 7.89. The number of amides is 1. The van der Waals surface area contributed by atoms with Crippen molar-refractivity contribution < 1.29 is 13.2 Å². The molecule has 8 heteroatoms. The number of nitrogens with zero attached hydrogens (tertiary/aromatic N) is 3. The van der Waals surface area contributed by atoms with Gasteiger partial charge in [0.1, 0.15) is 0 Å². The number of carbonyl (C=O) groups excluding carboxylic acids is 1. The summed E-state index contributed by atoms with van der Waals surface area (Å²) in [6, 6.07) is 6.38. The van der Waals surface area contributed by atoms with E-state index in [4.69, 9.17) is 4.98 Å². The molecular formula is C22H27N3O3S2. The van der Waals surface area contributed by atoms with Crippen LogP contribution in [0.1, 0.15) is 53.0 Å². The summed E-state index contributed by atoms with van der Waals surface area (Å²) in [7, 11) is -3.59. The molecule has 1 saturated heterocycles. The summed E-state index contributed by atoms with van der Waals surface area (Å²) in [5.41, 5.74) is 1.44. The molecule has 0 saturated carbocycles. The number of thiazole rings is 1. The minimum Gasteiger partial charge on any atom is -0.280 e. The van der Waals surface area contributed by atoms with Gasteiger partial charge in [-0.3, -0.25) is 9.69 Å². The van der Waals surface area contributed by atoms with E-state index >= 15 is 0 Å². The molecule has 2 aromatic rings. The second-order valence-corrected chi connectivity index (χ2v) is 10.8. The quantitative estimate of drug-likeness (QED) is 0.630. The predicted octanol–water partition coefficient (Wildman–Crippen LogP) is 4.03. The van der Waals surface area contributed by atoms with Crippen molar-refractivity contribution in [3.05, 3.63) is 53.1 Å². The minimum atomic E-state index is -3.59. The van der Waals surface area contributed by atoms with Crippen LogP contribution in [0.15, 0.2) is 41.8 Å². The molecule has 160 valence electrons. The Morgan fingerprint density at radius 3 is 2.67 bits per heavy atom. The Kier molecular flexibility index (Phi) is 6.36. The molecular weight excluding hydrogens is 418 g/mol. The highest BCUT2D eigenvalue weighted by Gasteiger charge is 2.28. The molecule has 4 rings (SSSR count). The van der Waals surface area contributed by atoms with E-state index in [1.54, 1.807) is 40.5 Å². The summed E-state index contributed by atoms with van der Waals surface area (Å²) in [5.74, 6) is -0.253. The van der Waals surface area contributed by atoms with Gasteiger partial charge in [0.05, 0.1) is 10.6 Å². The van der Waals surface area contributed by atoms with Crippen molar-refractivity contribution in [3.8, 4) is 0 Å². The Labute approximate surface area is 182 Å². The number of aryl methyl sites for hydroxylation is 2. The lowest BCUT2D eigenvalue weighted by Crippen LogP contribution is -2.36. The predicted molar refractivity (Wildman–Crippen MR) is 120 cm³/mol. The number of anilines is 1. The van der Waals surface area contributed by atoms with E-state index in [1.807, 2.05) is 0 Å². The van der Waals surface area contributed by atoms with Crippen molar-refractivity contribution in [2.45, 2.75) is 49.8 Å². The number of rotatable bonds is 6. The molecule has 0 bridgehead atoms. The van der Waals surface area contributed by atoms with Crippen LogP contribution in [-0.2, 0) is 22.9 Å². The molecule has 6 nitrogen and oxygen atoms in total. The molecule has 0 atom stereocenters. The maximum absolute atomic E-state index is 13.3. The van der Waals surface area contributed by atoms with Gasteiger partial charge in [-0.25, -0.2) is 13.4 Å². The van der Waals surface area contributed by atoms with Gasteiger partial charge in [0.25, 0.3) is 5.91 Å². The van der Waals surface area contributed by atoms with E-state index in [0.29, 0.717) is 30.3 Å². The van der Waals surface area contributed by atoms with E-state index in [9.17, 15) is 13.2 Å². The van der Waals surface area contributed by atoms with Crippen molar-refractivity contribution >= 4 is 32.4 Å². The van der Waals surface area contributed by atoms with Gasteiger partial charge in [0, 0.05) is 30.1 Å². The third-order valence-corrected chi connectivity index (χ3v) is 8.73. The van der Waals surface area contributed by atoms with E-state index < -0.39 is 10.0 Å². The summed E-state index contributed by atoms with van der Waals surface area (Å²) in [5, 5.41) is 0.663. The minimum absolute atomic E-state index is 0.173. The van der Waals surface area contributed by atoms with Gasteiger partial charge in [-0.05, 0) is 56.7 Å². The Bertz CT molecular complexity index is 1020. The van der Waals surface area contributed by atoms with Gasteiger partial charge < -0.3 is 0 Å². The molecule has 1 fully saturated rings. The van der Waals surface area contributed by atoms with Gasteiger partial charge in [-0.15, -0.1) is 17.9 Å². The lowest BCUT2D eigenvalue weighted by Gasteiger charge is -2.26. The Balaban J connectivity index is 1.63. The summed E-state index contributed by atoms with van der Waals surface area (Å²) >= 11 is 1.56. The zero-order valence-corrected chi connectivity index (χ0v) is 18.7. The third kappa shape index (κ3) is 4.22. The highest BCUT2D eigenvalue weighted by atomic mass is 32.2. The maximum Gasteiger partial charge on any atom is 0.260 e. The molecule has 0 unspecified atom stereocenters. The van der Waals surface area contributed by atoms with E-state index in [2.05, 4.69) is 6.58 Å². The average Bonchev–Trinajstić information content (AvgIpc) is 3.21. The topological polar surface area (TPSA) is 70.6 Å². The van der Waals surface area contributed by atoms with Gasteiger partial charge >= 0.3 is 0 Å². The third-order valence-electron chi connectivity index (χ3n) is 5.66. The number of piperidine rings is 1. The molecule has 30 heavy (non-hydrogen) atoms. The SMILES string of the molecule is C=CCN(C(=O)c1cccc(S(=O)(=O)N2CCCCC2)c1)c1nc2c(s1)CCCC2. The zero-order valence-electron chi connectivity index (χ0n) is 17.0. The molecule has 1 aromatic carbocycles. The van der Waals surface area contributed by atoms with Gasteiger partial charge in [0.2, 0.25) is 10.0 Å². The van der Waals surface area contributed by atoms with Crippen LogP contribution in [0.5, 0.6) is 0 Å². The number of fused-ring (bicyclic) bond motifs is 1. The smallest absolute Gasteiger partial charge is 0.260 e. The molecule has 0 N–H and O–H groups in total. The molecule has 2 heterocycles. The average molecular weight is 446 g/mol. The summed E-state index contributed by atoms with van der Waals surface area (Å²) < 4.78 is 27.6. The van der Waals surface area contributed by atoms with E-state index in [0.717, 1.165) is 50.6 Å². The van der Waals surface area contributed by atoms with Crippen LogP contribution in [0.4, 0.5) is 5.13 Å². The van der Waals surface area contributed by atoms with Crippen LogP contribution in [0, 0.1) is 0 Å². The second kappa shape index (κ2) is 8.99. The largest absolute Gasteiger partial charge is 0.280 e. The molecule has 1 aliphatic carbocycles. The first-order valence-electron chi connectivity index (χ1n) is 10.5. The first kappa shape index (κ1) is 21.2. The van der Waals surface area contributed by atoms with Crippen LogP contribution < -0.4 is 4.90 Å². The molecule has 0 spiro atoms. The van der Waals surface area contributed by atoms with Crippen LogP contribution in [0.2, 0.25) is 0 Å². The van der Waals surface area contributed by atoms with Crippen LogP contribution >= 0.6 is 11.3 Å². The molecule has 1 aliphatic heterocycles. The lowest BCUT2D eigenvalue weighted by atomic mass is 10.0. The number of hydrogen-bond donors (Lipinski definition) is 0. The summed E-state index contributed by atoms with van der Waals surface area (Å²) in [6.07, 6.45) is 8.71. The zero-order chi connectivity index (χ0) is 21.1. The normalized spacial score (nSPS) is 17.3. The highest BCUT2D eigenvalue weighted by Crippen LogP contribution is 2.32. The Hall–Kier alpha value is -2.03. The fourth-order valence-corrected chi connectivity index (χ4v) is 6.75. The number of benzene rings is 1. The Morgan fingerprint density at radius 2 is 1.93 bits per heavy atom. The monoisotopic (exact) mass is 445 g/mol. The first-order valence-corrected chi connectivity index (χ1v) is 12.8. The van der Waals surface area contributed by atoms with Crippen molar-refractivity contribution in [2.24, 2.45) is 0 Å². The van der Waals surface area contributed by atoms with Crippen LogP contribution in [0.25, 0.3) is 0 Å². The molecule has 1 amide bonds. The van der Waals surface area contributed by atoms with E-state index in [1.165, 1.54) is 15.2 Å². The van der Waals surface area contributed by atoms with Crippen LogP contribution in [0.3, 0.4) is 0 Å². The second-order valence-electron chi connectivity index (χ2n) is 7.77. The molecule has 2 aliphatic rings. The fourth-order valence-electron chi connectivity index (χ4n) is 4.03. The summed E-state index contributed by atoms with van der Waals surface area (Å²) in [4.78, 5) is 21.1. The first-order chi connectivity index (χ1) is 14.5. The molecule has 0 radical (unpaired) electrons. The number of sulfonamides is 1. The van der Waals surface area contributed by atoms with Gasteiger partial charge in [-0.1, -0.05) is 18.6 Å². The van der Waals surface area contributed by atoms with Gasteiger partial charge in [0.15, 0.2) is 5.13 Å². The number of aromatic nitrogens is 1. The van der Waals surface area contributed by atoms with Crippen molar-refractivity contribution in [1.29, 1.82) is 0 Å². The van der Waals surface area contributed by atoms with Crippen molar-refractivity contribution in [3.63, 3.8) is 0 Å². The number of carbonyl (C=O) groups is 1. The van der Waals surface area contributed by atoms with Gasteiger partial charge in [-0.2, -0.15) is 4.31 Å². The fraction of sp³-hybridized carbons (Fsp3) is 0.455. The Morgan fingerprint density at radius 1 is 1.17 bits per heavy atom. The summed E-state index contributed by atoms with van der Waals surface area (Å²) in [6.45, 7) is 5.18. The van der Waals surface area contributed by atoms with Crippen LogP contribution in [-0.4, -0.2) is 43.2 Å². The maximum atomic E-state index is 13.3. The van der Waals surface area contributed by atoms with Crippen molar-refractivity contribution in [2.75, 3.05) is 24.5 Å².